The third-order valence-electron chi connectivity index (χ3n) is 6.80. The molecule has 2 aliphatic rings. The van der Waals surface area contributed by atoms with E-state index in [1.165, 1.54) is 86.0 Å². The molecule has 1 heteroatoms. The third kappa shape index (κ3) is 2.88. The van der Waals surface area contributed by atoms with Gasteiger partial charge in [-0.1, -0.05) is 62.8 Å². The summed E-state index contributed by atoms with van der Waals surface area (Å²) in [5.41, 5.74) is 5.76. The smallest absolute Gasteiger partial charge is 0.0467 e. The molecule has 1 N–H and O–H groups in total. The van der Waals surface area contributed by atoms with E-state index in [1.807, 2.05) is 0 Å². The molecule has 1 nitrogen and oxygen atoms in total. The molecular formula is C24H29N. The van der Waals surface area contributed by atoms with Gasteiger partial charge in [-0.05, 0) is 60.8 Å². The highest BCUT2D eigenvalue weighted by molar-refractivity contribution is 6.07. The van der Waals surface area contributed by atoms with Crippen LogP contribution in [-0.2, 0) is 0 Å². The van der Waals surface area contributed by atoms with E-state index in [-0.39, 0.29) is 0 Å². The van der Waals surface area contributed by atoms with Crippen LogP contribution < -0.4 is 0 Å². The van der Waals surface area contributed by atoms with Crippen molar-refractivity contribution in [1.29, 1.82) is 0 Å². The zero-order valence-corrected chi connectivity index (χ0v) is 15.2. The molecule has 0 bridgehead atoms. The Bertz CT molecular complexity index is 803. The van der Waals surface area contributed by atoms with Crippen LogP contribution in [0.1, 0.15) is 87.2 Å². The molecule has 2 aromatic carbocycles. The molecule has 25 heavy (non-hydrogen) atoms. The summed E-state index contributed by atoms with van der Waals surface area (Å²) in [6, 6.07) is 14.4. The molecule has 1 aromatic heterocycles. The van der Waals surface area contributed by atoms with Crippen molar-refractivity contribution >= 4 is 21.8 Å². The zero-order valence-electron chi connectivity index (χ0n) is 15.2. The van der Waals surface area contributed by atoms with Crippen molar-refractivity contribution in [1.82, 2.24) is 4.98 Å². The van der Waals surface area contributed by atoms with Gasteiger partial charge in [0.05, 0.1) is 0 Å². The van der Waals surface area contributed by atoms with Crippen LogP contribution in [0.2, 0.25) is 0 Å². The lowest BCUT2D eigenvalue weighted by molar-refractivity contribution is 0.444. The van der Waals surface area contributed by atoms with Gasteiger partial charge in [0.2, 0.25) is 0 Å². The molecule has 2 saturated carbocycles. The largest absolute Gasteiger partial charge is 0.354 e. The fraction of sp³-hybridized carbons (Fsp3) is 0.500. The molecule has 0 unspecified atom stereocenters. The van der Waals surface area contributed by atoms with Gasteiger partial charge in [-0.3, -0.25) is 0 Å². The van der Waals surface area contributed by atoms with Crippen LogP contribution in [0.5, 0.6) is 0 Å². The van der Waals surface area contributed by atoms with E-state index in [0.717, 1.165) is 11.8 Å². The molecule has 5 rings (SSSR count). The van der Waals surface area contributed by atoms with E-state index in [9.17, 15) is 0 Å². The second-order valence-corrected chi connectivity index (χ2v) is 8.40. The van der Waals surface area contributed by atoms with Crippen LogP contribution in [0.15, 0.2) is 36.4 Å². The fourth-order valence-electron chi connectivity index (χ4n) is 5.33. The van der Waals surface area contributed by atoms with Crippen molar-refractivity contribution in [3.8, 4) is 0 Å². The number of hydrogen-bond acceptors (Lipinski definition) is 0. The van der Waals surface area contributed by atoms with Gasteiger partial charge < -0.3 is 4.98 Å². The first kappa shape index (κ1) is 15.5. The Balaban J connectivity index is 1.52. The van der Waals surface area contributed by atoms with Crippen LogP contribution >= 0.6 is 0 Å². The summed E-state index contributed by atoms with van der Waals surface area (Å²) < 4.78 is 0. The number of nitrogens with one attached hydrogen (secondary N) is 1. The van der Waals surface area contributed by atoms with Gasteiger partial charge in [0, 0.05) is 21.8 Å². The summed E-state index contributed by atoms with van der Waals surface area (Å²) in [7, 11) is 0. The van der Waals surface area contributed by atoms with Crippen molar-refractivity contribution in [3.05, 3.63) is 47.5 Å². The Labute approximate surface area is 150 Å². The second kappa shape index (κ2) is 6.52. The highest BCUT2D eigenvalue weighted by Gasteiger charge is 2.18. The molecule has 3 aromatic rings. The van der Waals surface area contributed by atoms with Crippen LogP contribution in [0.4, 0.5) is 0 Å². The van der Waals surface area contributed by atoms with Gasteiger partial charge in [-0.25, -0.2) is 0 Å². The molecule has 2 fully saturated rings. The molecule has 0 saturated heterocycles. The topological polar surface area (TPSA) is 15.8 Å². The van der Waals surface area contributed by atoms with E-state index < -0.39 is 0 Å². The molecule has 2 aliphatic carbocycles. The second-order valence-electron chi connectivity index (χ2n) is 8.40. The zero-order chi connectivity index (χ0) is 16.6. The van der Waals surface area contributed by atoms with Crippen molar-refractivity contribution in [2.75, 3.05) is 0 Å². The fourth-order valence-corrected chi connectivity index (χ4v) is 5.33. The summed E-state index contributed by atoms with van der Waals surface area (Å²) in [6.07, 6.45) is 14.0. The van der Waals surface area contributed by atoms with Crippen molar-refractivity contribution in [2.24, 2.45) is 0 Å². The van der Waals surface area contributed by atoms with Gasteiger partial charge >= 0.3 is 0 Å². The minimum absolute atomic E-state index is 0.780. The average molecular weight is 332 g/mol. The van der Waals surface area contributed by atoms with Gasteiger partial charge in [0.1, 0.15) is 0 Å². The Kier molecular flexibility index (Phi) is 4.04. The Morgan fingerprint density at radius 3 is 1.44 bits per heavy atom. The molecule has 0 aliphatic heterocycles. The first-order chi connectivity index (χ1) is 12.4. The summed E-state index contributed by atoms with van der Waals surface area (Å²) in [5, 5.41) is 2.79. The Morgan fingerprint density at radius 1 is 0.560 bits per heavy atom. The lowest BCUT2D eigenvalue weighted by Crippen LogP contribution is -2.04. The maximum absolute atomic E-state index is 3.74. The molecule has 1 heterocycles. The van der Waals surface area contributed by atoms with Crippen molar-refractivity contribution in [2.45, 2.75) is 76.0 Å². The number of fused-ring (bicyclic) bond motifs is 3. The normalized spacial score (nSPS) is 20.5. The molecule has 0 radical (unpaired) electrons. The summed E-state index contributed by atoms with van der Waals surface area (Å²) in [6.45, 7) is 0. The van der Waals surface area contributed by atoms with Crippen LogP contribution in [0, 0.1) is 0 Å². The minimum atomic E-state index is 0.780. The lowest BCUT2D eigenvalue weighted by Gasteiger charge is -2.22. The quantitative estimate of drug-likeness (QED) is 0.503. The van der Waals surface area contributed by atoms with Crippen LogP contribution in [0.3, 0.4) is 0 Å². The minimum Gasteiger partial charge on any atom is -0.354 e. The van der Waals surface area contributed by atoms with Crippen molar-refractivity contribution < 1.29 is 0 Å². The van der Waals surface area contributed by atoms with E-state index in [1.54, 1.807) is 11.1 Å². The first-order valence-corrected chi connectivity index (χ1v) is 10.4. The number of rotatable bonds is 2. The maximum Gasteiger partial charge on any atom is 0.0467 e. The molecule has 0 spiro atoms. The van der Waals surface area contributed by atoms with Gasteiger partial charge in [-0.2, -0.15) is 0 Å². The number of hydrogen-bond donors (Lipinski definition) is 1. The maximum atomic E-state index is 3.74. The molecule has 0 atom stereocenters. The molecule has 0 amide bonds. The average Bonchev–Trinajstić information content (AvgIpc) is 3.06. The number of aromatic nitrogens is 1. The summed E-state index contributed by atoms with van der Waals surface area (Å²) in [4.78, 5) is 3.74. The third-order valence-corrected chi connectivity index (χ3v) is 6.80. The monoisotopic (exact) mass is 331 g/mol. The predicted molar refractivity (Wildman–Crippen MR) is 107 cm³/mol. The summed E-state index contributed by atoms with van der Waals surface area (Å²) >= 11 is 0. The standard InChI is InChI=1S/C24H29N/c1-3-7-17(8-4-1)19-11-13-21-22-14-12-20(18-9-5-2-6-10-18)16-24(22)25-23(21)15-19/h11-18,25H,1-10H2. The Hall–Kier alpha value is -1.76. The highest BCUT2D eigenvalue weighted by atomic mass is 14.7. The van der Waals surface area contributed by atoms with Gasteiger partial charge in [0.25, 0.3) is 0 Å². The summed E-state index contributed by atoms with van der Waals surface area (Å²) in [5.74, 6) is 1.56. The van der Waals surface area contributed by atoms with Crippen LogP contribution in [-0.4, -0.2) is 4.98 Å². The lowest BCUT2D eigenvalue weighted by atomic mass is 9.83. The SMILES string of the molecule is c1cc2c(cc1C1CCCCC1)[nH]c1cc(C3CCCCC3)ccc12. The number of aromatic amines is 1. The van der Waals surface area contributed by atoms with E-state index in [2.05, 4.69) is 41.4 Å². The number of H-pyrrole nitrogens is 1. The highest BCUT2D eigenvalue weighted by Crippen LogP contribution is 2.37. The van der Waals surface area contributed by atoms with Gasteiger partial charge in [-0.15, -0.1) is 0 Å². The molecule has 130 valence electrons. The van der Waals surface area contributed by atoms with Crippen molar-refractivity contribution in [3.63, 3.8) is 0 Å². The predicted octanol–water partition coefficient (Wildman–Crippen LogP) is 7.42. The van der Waals surface area contributed by atoms with E-state index in [4.69, 9.17) is 0 Å². The Morgan fingerprint density at radius 2 is 1.00 bits per heavy atom. The first-order valence-electron chi connectivity index (χ1n) is 10.4. The van der Waals surface area contributed by atoms with E-state index >= 15 is 0 Å². The number of benzene rings is 2. The molecular weight excluding hydrogens is 302 g/mol. The van der Waals surface area contributed by atoms with Crippen LogP contribution in [0.25, 0.3) is 21.8 Å². The van der Waals surface area contributed by atoms with E-state index in [0.29, 0.717) is 0 Å². The van der Waals surface area contributed by atoms with Gasteiger partial charge in [0.15, 0.2) is 0 Å².